The molecule has 1 fully saturated rings. The fourth-order valence-corrected chi connectivity index (χ4v) is 5.06. The van der Waals surface area contributed by atoms with Crippen molar-refractivity contribution in [1.82, 2.24) is 9.62 Å². The predicted molar refractivity (Wildman–Crippen MR) is 91.9 cm³/mol. The molecule has 118 valence electrons. The van der Waals surface area contributed by atoms with Crippen LogP contribution in [0.25, 0.3) is 0 Å². The molecule has 2 rings (SSSR count). The highest BCUT2D eigenvalue weighted by Crippen LogP contribution is 2.26. The van der Waals surface area contributed by atoms with Gasteiger partial charge in [-0.15, -0.1) is 0 Å². The van der Waals surface area contributed by atoms with Crippen molar-refractivity contribution >= 4 is 41.9 Å². The lowest BCUT2D eigenvalue weighted by Crippen LogP contribution is -2.32. The van der Waals surface area contributed by atoms with E-state index in [0.717, 1.165) is 36.8 Å². The Hall–Kier alpha value is 0.0500. The molecule has 0 bridgehead atoms. The van der Waals surface area contributed by atoms with Crippen LogP contribution in [-0.4, -0.2) is 40.0 Å². The summed E-state index contributed by atoms with van der Waals surface area (Å²) in [5, 5.41) is 0. The molecule has 1 saturated heterocycles. The van der Waals surface area contributed by atoms with Gasteiger partial charge in [-0.1, -0.05) is 15.9 Å². The van der Waals surface area contributed by atoms with E-state index in [-0.39, 0.29) is 4.90 Å². The quantitative estimate of drug-likeness (QED) is 0.766. The summed E-state index contributed by atoms with van der Waals surface area (Å²) in [4.78, 5) is 2.60. The standard InChI is InChI=1S/C14H20Br2N2O2S/c1-18-8-5-11(6-9-18)4-7-17-21(19,20)14-10-12(15)2-3-13(14)16/h2-3,10-11,17H,4-9H2,1H3. The monoisotopic (exact) mass is 438 g/mol. The zero-order valence-corrected chi connectivity index (χ0v) is 16.0. The molecule has 4 nitrogen and oxygen atoms in total. The minimum absolute atomic E-state index is 0.278. The summed E-state index contributed by atoms with van der Waals surface area (Å²) < 4.78 is 28.7. The van der Waals surface area contributed by atoms with Crippen LogP contribution >= 0.6 is 31.9 Å². The average Bonchev–Trinajstić information content (AvgIpc) is 2.43. The van der Waals surface area contributed by atoms with Crippen LogP contribution in [-0.2, 0) is 10.0 Å². The Kier molecular flexibility index (Phi) is 6.25. The molecular formula is C14H20Br2N2O2S. The Balaban J connectivity index is 1.91. The summed E-state index contributed by atoms with van der Waals surface area (Å²) in [7, 11) is -1.33. The molecule has 1 N–H and O–H groups in total. The fraction of sp³-hybridized carbons (Fsp3) is 0.571. The van der Waals surface area contributed by atoms with Gasteiger partial charge >= 0.3 is 0 Å². The Morgan fingerprint density at radius 1 is 1.29 bits per heavy atom. The Morgan fingerprint density at radius 2 is 1.95 bits per heavy atom. The third-order valence-electron chi connectivity index (χ3n) is 3.87. The Labute approximate surface area is 143 Å². The van der Waals surface area contributed by atoms with Crippen LogP contribution in [0.5, 0.6) is 0 Å². The molecule has 21 heavy (non-hydrogen) atoms. The van der Waals surface area contributed by atoms with Gasteiger partial charge in [0, 0.05) is 15.5 Å². The molecule has 0 saturated carbocycles. The smallest absolute Gasteiger partial charge is 0.241 e. The van der Waals surface area contributed by atoms with Crippen LogP contribution in [0.15, 0.2) is 32.0 Å². The van der Waals surface area contributed by atoms with E-state index < -0.39 is 10.0 Å². The maximum atomic E-state index is 12.3. The van der Waals surface area contributed by atoms with E-state index in [0.29, 0.717) is 16.9 Å². The van der Waals surface area contributed by atoms with Gasteiger partial charge in [0.25, 0.3) is 0 Å². The number of benzene rings is 1. The van der Waals surface area contributed by atoms with Crippen LogP contribution in [0.3, 0.4) is 0 Å². The lowest BCUT2D eigenvalue weighted by molar-refractivity contribution is 0.213. The second-order valence-electron chi connectivity index (χ2n) is 5.51. The molecule has 1 aliphatic rings. The summed E-state index contributed by atoms with van der Waals surface area (Å²) in [6, 6.07) is 5.15. The SMILES string of the molecule is CN1CCC(CCNS(=O)(=O)c2cc(Br)ccc2Br)CC1. The van der Waals surface area contributed by atoms with Crippen LogP contribution in [0.1, 0.15) is 19.3 Å². The molecule has 0 atom stereocenters. The predicted octanol–water partition coefficient (Wildman–Crippen LogP) is 3.22. The minimum Gasteiger partial charge on any atom is -0.306 e. The topological polar surface area (TPSA) is 49.4 Å². The largest absolute Gasteiger partial charge is 0.306 e. The summed E-state index contributed by atoms with van der Waals surface area (Å²) in [6.45, 7) is 2.71. The maximum absolute atomic E-state index is 12.3. The first-order valence-electron chi connectivity index (χ1n) is 7.02. The lowest BCUT2D eigenvalue weighted by Gasteiger charge is -2.28. The molecule has 0 aromatic heterocycles. The molecule has 0 aliphatic carbocycles. The summed E-state index contributed by atoms with van der Waals surface area (Å²) in [5.41, 5.74) is 0. The van der Waals surface area contributed by atoms with Crippen molar-refractivity contribution in [2.45, 2.75) is 24.2 Å². The number of halogens is 2. The highest BCUT2D eigenvalue weighted by atomic mass is 79.9. The number of hydrogen-bond acceptors (Lipinski definition) is 3. The van der Waals surface area contributed by atoms with Gasteiger partial charge in [-0.25, -0.2) is 13.1 Å². The first-order chi connectivity index (χ1) is 9.88. The number of hydrogen-bond donors (Lipinski definition) is 1. The van der Waals surface area contributed by atoms with E-state index in [1.165, 1.54) is 0 Å². The maximum Gasteiger partial charge on any atom is 0.241 e. The molecule has 1 heterocycles. The lowest BCUT2D eigenvalue weighted by atomic mass is 9.94. The zero-order valence-electron chi connectivity index (χ0n) is 12.0. The van der Waals surface area contributed by atoms with Crippen molar-refractivity contribution in [3.05, 3.63) is 27.1 Å². The van der Waals surface area contributed by atoms with Gasteiger partial charge in [-0.3, -0.25) is 0 Å². The molecule has 0 spiro atoms. The fourth-order valence-electron chi connectivity index (χ4n) is 2.51. The highest BCUT2D eigenvalue weighted by molar-refractivity contribution is 9.11. The number of likely N-dealkylation sites (tertiary alicyclic amines) is 1. The van der Waals surface area contributed by atoms with E-state index >= 15 is 0 Å². The van der Waals surface area contributed by atoms with Crippen molar-refractivity contribution in [2.24, 2.45) is 5.92 Å². The molecule has 0 radical (unpaired) electrons. The van der Waals surface area contributed by atoms with E-state index in [1.54, 1.807) is 12.1 Å². The second-order valence-corrected chi connectivity index (χ2v) is 9.01. The zero-order chi connectivity index (χ0) is 15.5. The van der Waals surface area contributed by atoms with Crippen LogP contribution in [0.4, 0.5) is 0 Å². The average molecular weight is 440 g/mol. The van der Waals surface area contributed by atoms with Crippen LogP contribution < -0.4 is 4.72 Å². The van der Waals surface area contributed by atoms with E-state index in [4.69, 9.17) is 0 Å². The number of piperidine rings is 1. The summed E-state index contributed by atoms with van der Waals surface area (Å²) in [6.07, 6.45) is 3.20. The van der Waals surface area contributed by atoms with Crippen LogP contribution in [0.2, 0.25) is 0 Å². The number of nitrogens with one attached hydrogen (secondary N) is 1. The molecule has 1 aliphatic heterocycles. The summed E-state index contributed by atoms with van der Waals surface area (Å²) in [5.74, 6) is 0.620. The molecule has 1 aromatic carbocycles. The highest BCUT2D eigenvalue weighted by Gasteiger charge is 2.20. The number of nitrogens with zero attached hydrogens (tertiary/aromatic N) is 1. The molecule has 0 unspecified atom stereocenters. The van der Waals surface area contributed by atoms with Gasteiger partial charge in [0.05, 0.1) is 4.90 Å². The number of rotatable bonds is 5. The van der Waals surface area contributed by atoms with Crippen molar-refractivity contribution in [3.63, 3.8) is 0 Å². The minimum atomic E-state index is -3.46. The van der Waals surface area contributed by atoms with Gasteiger partial charge in [0.1, 0.15) is 0 Å². The third kappa shape index (κ3) is 5.03. The Bertz CT molecular complexity index is 585. The van der Waals surface area contributed by atoms with Gasteiger partial charge < -0.3 is 4.90 Å². The molecule has 0 amide bonds. The van der Waals surface area contributed by atoms with Gasteiger partial charge in [-0.2, -0.15) is 0 Å². The summed E-state index contributed by atoms with van der Waals surface area (Å²) >= 11 is 6.60. The van der Waals surface area contributed by atoms with E-state index in [1.807, 2.05) is 6.07 Å². The molecular weight excluding hydrogens is 420 g/mol. The van der Waals surface area contributed by atoms with Crippen molar-refractivity contribution in [2.75, 3.05) is 26.7 Å². The van der Waals surface area contributed by atoms with Gasteiger partial charge in [0.15, 0.2) is 0 Å². The van der Waals surface area contributed by atoms with Crippen molar-refractivity contribution < 1.29 is 8.42 Å². The molecule has 7 heteroatoms. The Morgan fingerprint density at radius 3 is 2.62 bits per heavy atom. The second kappa shape index (κ2) is 7.55. The van der Waals surface area contributed by atoms with E-state index in [9.17, 15) is 8.42 Å². The van der Waals surface area contributed by atoms with E-state index in [2.05, 4.69) is 48.5 Å². The first kappa shape index (κ1) is 17.4. The van der Waals surface area contributed by atoms with Gasteiger partial charge in [-0.05, 0) is 79.4 Å². The number of sulfonamides is 1. The van der Waals surface area contributed by atoms with Crippen LogP contribution in [0, 0.1) is 5.92 Å². The van der Waals surface area contributed by atoms with Gasteiger partial charge in [0.2, 0.25) is 10.0 Å². The third-order valence-corrected chi connectivity index (χ3v) is 6.81. The van der Waals surface area contributed by atoms with Crippen molar-refractivity contribution in [3.8, 4) is 0 Å². The molecule has 1 aromatic rings. The normalized spacial score (nSPS) is 18.0. The first-order valence-corrected chi connectivity index (χ1v) is 10.1. The van der Waals surface area contributed by atoms with Crippen molar-refractivity contribution in [1.29, 1.82) is 0 Å².